The summed E-state index contributed by atoms with van der Waals surface area (Å²) in [4.78, 5) is 26.7. The van der Waals surface area contributed by atoms with Gasteiger partial charge in [-0.15, -0.1) is 0 Å². The van der Waals surface area contributed by atoms with E-state index in [1.807, 2.05) is 0 Å². The van der Waals surface area contributed by atoms with Crippen molar-refractivity contribution in [1.29, 1.82) is 0 Å². The van der Waals surface area contributed by atoms with Gasteiger partial charge in [0.1, 0.15) is 11.5 Å². The van der Waals surface area contributed by atoms with Crippen LogP contribution in [-0.4, -0.2) is 34.7 Å². The van der Waals surface area contributed by atoms with Crippen molar-refractivity contribution in [3.63, 3.8) is 0 Å². The molecule has 0 saturated carbocycles. The first-order chi connectivity index (χ1) is 9.51. The van der Waals surface area contributed by atoms with Gasteiger partial charge >= 0.3 is 5.97 Å². The van der Waals surface area contributed by atoms with Gasteiger partial charge in [0.15, 0.2) is 17.7 Å². The molecule has 0 saturated heterocycles. The van der Waals surface area contributed by atoms with E-state index in [1.54, 1.807) is 19.9 Å². The lowest BCUT2D eigenvalue weighted by molar-refractivity contribution is -0.137. The molecule has 1 unspecified atom stereocenters. The van der Waals surface area contributed by atoms with Crippen LogP contribution in [0.15, 0.2) is 18.2 Å². The minimum absolute atomic E-state index is 0.134. The van der Waals surface area contributed by atoms with Gasteiger partial charge in [0.05, 0.1) is 12.7 Å². The molecule has 2 heterocycles. The third-order valence-electron chi connectivity index (χ3n) is 2.58. The fraction of sp³-hybridized carbons (Fsp3) is 0.308. The Morgan fingerprint density at radius 3 is 3.05 bits per heavy atom. The Labute approximate surface area is 115 Å². The first-order valence-electron chi connectivity index (χ1n) is 6.07. The van der Waals surface area contributed by atoms with Crippen molar-refractivity contribution in [2.75, 3.05) is 11.9 Å². The number of carbonyl (C=O) groups is 2. The van der Waals surface area contributed by atoms with E-state index in [-0.39, 0.29) is 29.8 Å². The summed E-state index contributed by atoms with van der Waals surface area (Å²) in [5, 5.41) is 12.3. The molecule has 0 aromatic carbocycles. The SMILES string of the molecule is CCOC(=O)/C=C(/O)c1ccc2c(n1)NC(=O)C(C)O2. The Kier molecular flexibility index (Phi) is 3.88. The van der Waals surface area contributed by atoms with Crippen LogP contribution in [0.25, 0.3) is 5.76 Å². The molecule has 1 aromatic rings. The van der Waals surface area contributed by atoms with E-state index in [9.17, 15) is 14.7 Å². The van der Waals surface area contributed by atoms with Gasteiger partial charge in [-0.2, -0.15) is 0 Å². The highest BCUT2D eigenvalue weighted by molar-refractivity contribution is 5.96. The van der Waals surface area contributed by atoms with Gasteiger partial charge in [0.2, 0.25) is 0 Å². The molecule has 0 fully saturated rings. The van der Waals surface area contributed by atoms with Crippen molar-refractivity contribution < 1.29 is 24.2 Å². The average molecular weight is 278 g/mol. The molecule has 0 aliphatic carbocycles. The first kappa shape index (κ1) is 13.9. The zero-order valence-electron chi connectivity index (χ0n) is 11.0. The van der Waals surface area contributed by atoms with Crippen LogP contribution in [-0.2, 0) is 14.3 Å². The summed E-state index contributed by atoms with van der Waals surface area (Å²) in [5.74, 6) is -0.729. The molecular formula is C13H14N2O5. The normalized spacial score (nSPS) is 17.8. The number of carbonyl (C=O) groups excluding carboxylic acids is 2. The lowest BCUT2D eigenvalue weighted by Crippen LogP contribution is -2.34. The lowest BCUT2D eigenvalue weighted by Gasteiger charge is -2.22. The van der Waals surface area contributed by atoms with Crippen LogP contribution < -0.4 is 10.1 Å². The number of nitrogens with zero attached hydrogens (tertiary/aromatic N) is 1. The summed E-state index contributed by atoms with van der Waals surface area (Å²) in [6.07, 6.45) is 0.325. The third kappa shape index (κ3) is 2.87. The highest BCUT2D eigenvalue weighted by atomic mass is 16.5. The number of aromatic nitrogens is 1. The van der Waals surface area contributed by atoms with Gasteiger partial charge in [-0.1, -0.05) is 0 Å². The molecule has 0 bridgehead atoms. The van der Waals surface area contributed by atoms with Crippen molar-refractivity contribution in [2.45, 2.75) is 20.0 Å². The smallest absolute Gasteiger partial charge is 0.334 e. The quantitative estimate of drug-likeness (QED) is 0.491. The highest BCUT2D eigenvalue weighted by Crippen LogP contribution is 2.28. The Hall–Kier alpha value is -2.57. The molecule has 1 aliphatic heterocycles. The number of aliphatic hydroxyl groups excluding tert-OH is 1. The minimum atomic E-state index is -0.668. The van der Waals surface area contributed by atoms with Gasteiger partial charge < -0.3 is 19.9 Å². The number of ether oxygens (including phenoxy) is 2. The van der Waals surface area contributed by atoms with Gasteiger partial charge in [-0.25, -0.2) is 9.78 Å². The lowest BCUT2D eigenvalue weighted by atomic mass is 10.2. The van der Waals surface area contributed by atoms with Crippen LogP contribution in [0.3, 0.4) is 0 Å². The molecule has 0 spiro atoms. The summed E-state index contributed by atoms with van der Waals surface area (Å²) in [5.41, 5.74) is 0.134. The van der Waals surface area contributed by atoms with Gasteiger partial charge in [-0.3, -0.25) is 4.79 Å². The van der Waals surface area contributed by atoms with E-state index in [0.717, 1.165) is 6.08 Å². The second-order valence-electron chi connectivity index (χ2n) is 4.07. The second-order valence-corrected chi connectivity index (χ2v) is 4.07. The van der Waals surface area contributed by atoms with Crippen LogP contribution in [0, 0.1) is 0 Å². The number of fused-ring (bicyclic) bond motifs is 1. The Morgan fingerprint density at radius 1 is 1.60 bits per heavy atom. The summed E-state index contributed by atoms with van der Waals surface area (Å²) < 4.78 is 10.0. The number of nitrogens with one attached hydrogen (secondary N) is 1. The molecule has 7 heteroatoms. The summed E-state index contributed by atoms with van der Waals surface area (Å²) in [6.45, 7) is 3.49. The molecule has 1 atom stereocenters. The Bertz CT molecular complexity index is 582. The van der Waals surface area contributed by atoms with Crippen LogP contribution >= 0.6 is 0 Å². The molecule has 1 amide bonds. The van der Waals surface area contributed by atoms with Gasteiger partial charge in [0.25, 0.3) is 5.91 Å². The number of esters is 1. The van der Waals surface area contributed by atoms with Crippen molar-refractivity contribution in [3.8, 4) is 5.75 Å². The van der Waals surface area contributed by atoms with E-state index < -0.39 is 12.1 Å². The number of pyridine rings is 1. The number of anilines is 1. The average Bonchev–Trinajstić information content (AvgIpc) is 2.39. The second kappa shape index (κ2) is 5.60. The van der Waals surface area contributed by atoms with E-state index in [0.29, 0.717) is 5.75 Å². The molecule has 1 aliphatic rings. The number of amides is 1. The summed E-state index contributed by atoms with van der Waals surface area (Å²) in [6, 6.07) is 3.04. The molecule has 0 radical (unpaired) electrons. The van der Waals surface area contributed by atoms with Crippen LogP contribution in [0.5, 0.6) is 5.75 Å². The standard InChI is InChI=1S/C13H14N2O5/c1-3-19-11(17)6-9(16)8-4-5-10-12(14-8)15-13(18)7(2)20-10/h4-7,16H,3H2,1-2H3,(H,14,15,18)/b9-6+. The van der Waals surface area contributed by atoms with Crippen molar-refractivity contribution in [3.05, 3.63) is 23.9 Å². The van der Waals surface area contributed by atoms with Crippen molar-refractivity contribution >= 4 is 23.5 Å². The summed E-state index contributed by atoms with van der Waals surface area (Å²) in [7, 11) is 0. The van der Waals surface area contributed by atoms with E-state index in [1.165, 1.54) is 6.07 Å². The molecule has 1 aromatic heterocycles. The van der Waals surface area contributed by atoms with Crippen molar-refractivity contribution in [2.24, 2.45) is 0 Å². The fourth-order valence-corrected chi connectivity index (χ4v) is 1.61. The maximum atomic E-state index is 11.5. The zero-order chi connectivity index (χ0) is 14.7. The van der Waals surface area contributed by atoms with Crippen LogP contribution in [0.1, 0.15) is 19.5 Å². The largest absolute Gasteiger partial charge is 0.505 e. The van der Waals surface area contributed by atoms with E-state index in [2.05, 4.69) is 15.0 Å². The highest BCUT2D eigenvalue weighted by Gasteiger charge is 2.25. The fourth-order valence-electron chi connectivity index (χ4n) is 1.61. The predicted octanol–water partition coefficient (Wildman–Crippen LogP) is 1.26. The molecule has 20 heavy (non-hydrogen) atoms. The number of hydrogen-bond donors (Lipinski definition) is 2. The van der Waals surface area contributed by atoms with E-state index in [4.69, 9.17) is 4.74 Å². The Balaban J connectivity index is 2.25. The van der Waals surface area contributed by atoms with E-state index >= 15 is 0 Å². The topological polar surface area (TPSA) is 97.8 Å². The van der Waals surface area contributed by atoms with Crippen LogP contribution in [0.2, 0.25) is 0 Å². The number of rotatable bonds is 3. The Morgan fingerprint density at radius 2 is 2.35 bits per heavy atom. The first-order valence-corrected chi connectivity index (χ1v) is 6.07. The molecule has 2 N–H and O–H groups in total. The third-order valence-corrected chi connectivity index (χ3v) is 2.58. The minimum Gasteiger partial charge on any atom is -0.505 e. The van der Waals surface area contributed by atoms with Gasteiger partial charge in [0, 0.05) is 0 Å². The number of aliphatic hydroxyl groups is 1. The zero-order valence-corrected chi connectivity index (χ0v) is 11.0. The molecule has 106 valence electrons. The maximum Gasteiger partial charge on any atom is 0.334 e. The number of hydrogen-bond acceptors (Lipinski definition) is 6. The summed E-state index contributed by atoms with van der Waals surface area (Å²) >= 11 is 0. The predicted molar refractivity (Wildman–Crippen MR) is 70.2 cm³/mol. The van der Waals surface area contributed by atoms with Crippen molar-refractivity contribution in [1.82, 2.24) is 4.98 Å². The van der Waals surface area contributed by atoms with Crippen LogP contribution in [0.4, 0.5) is 5.82 Å². The van der Waals surface area contributed by atoms with Gasteiger partial charge in [-0.05, 0) is 26.0 Å². The molecular weight excluding hydrogens is 264 g/mol. The monoisotopic (exact) mass is 278 g/mol. The maximum absolute atomic E-state index is 11.5. The molecule has 7 nitrogen and oxygen atoms in total. The molecule has 2 rings (SSSR count).